The molecule has 0 saturated carbocycles. The van der Waals surface area contributed by atoms with E-state index in [4.69, 9.17) is 18.0 Å². The molecule has 0 radical (unpaired) electrons. The Kier molecular flexibility index (Phi) is 6.85. The average Bonchev–Trinajstić information content (AvgIpc) is 2.73. The lowest BCUT2D eigenvalue weighted by Crippen LogP contribution is -2.54. The van der Waals surface area contributed by atoms with Gasteiger partial charge in [-0.3, -0.25) is 0 Å². The van der Waals surface area contributed by atoms with E-state index in [1.165, 1.54) is 10.4 Å². The third kappa shape index (κ3) is 4.55. The fraction of sp³-hybridized carbons (Fsp3) is 0.450. The van der Waals surface area contributed by atoms with Gasteiger partial charge in [0.15, 0.2) is 0 Å². The highest BCUT2D eigenvalue weighted by Gasteiger charge is 2.71. The fourth-order valence-electron chi connectivity index (χ4n) is 3.87. The molecule has 0 amide bonds. The average molecular weight is 530 g/mol. The first-order chi connectivity index (χ1) is 15.5. The summed E-state index contributed by atoms with van der Waals surface area (Å²) in [6, 6.07) is 2.72. The predicted molar refractivity (Wildman–Crippen MR) is 117 cm³/mol. The lowest BCUT2D eigenvalue weighted by molar-refractivity contribution is -0.376. The third-order valence-electron chi connectivity index (χ3n) is 5.74. The number of aliphatic hydroxyl groups is 1. The molecule has 14 heteroatoms. The van der Waals surface area contributed by atoms with E-state index < -0.39 is 39.6 Å². The Morgan fingerprint density at radius 2 is 1.62 bits per heavy atom. The summed E-state index contributed by atoms with van der Waals surface area (Å²) in [5.41, 5.74) is -0.119. The maximum Gasteiger partial charge on any atom is 0.430 e. The summed E-state index contributed by atoms with van der Waals surface area (Å²) in [6.07, 6.45) is -8.85. The van der Waals surface area contributed by atoms with E-state index in [9.17, 15) is 39.9 Å². The number of alkyl halides is 6. The zero-order chi connectivity index (χ0) is 25.7. The fourth-order valence-corrected chi connectivity index (χ4v) is 5.99. The number of hydrogen-bond acceptors (Lipinski definition) is 6. The van der Waals surface area contributed by atoms with Crippen LogP contribution in [0.1, 0.15) is 18.9 Å². The second kappa shape index (κ2) is 8.81. The van der Waals surface area contributed by atoms with Gasteiger partial charge in [-0.2, -0.15) is 30.6 Å². The molecule has 0 bridgehead atoms. The summed E-state index contributed by atoms with van der Waals surface area (Å²) in [7, 11) is -3.94. The molecule has 2 aliphatic rings. The number of anilines is 1. The smallest absolute Gasteiger partial charge is 0.399 e. The molecule has 34 heavy (non-hydrogen) atoms. The number of nitrogens with zero attached hydrogens (tertiary/aromatic N) is 2. The topological polar surface area (TPSA) is 86.9 Å². The molecular formula is C20H21F6N3O3S2. The van der Waals surface area contributed by atoms with Gasteiger partial charge in [0.2, 0.25) is 10.0 Å². The van der Waals surface area contributed by atoms with Crippen LogP contribution < -0.4 is 10.6 Å². The van der Waals surface area contributed by atoms with E-state index in [0.29, 0.717) is 12.1 Å². The molecule has 1 atom stereocenters. The number of nitrogens with two attached hydrogens (primary N) is 1. The molecule has 3 N–H and O–H groups in total. The molecule has 1 saturated heterocycles. The van der Waals surface area contributed by atoms with Crippen LogP contribution in [0.5, 0.6) is 0 Å². The maximum atomic E-state index is 13.1. The Labute approximate surface area is 197 Å². The van der Waals surface area contributed by atoms with Crippen molar-refractivity contribution in [2.45, 2.75) is 37.3 Å². The zero-order valence-corrected chi connectivity index (χ0v) is 19.3. The van der Waals surface area contributed by atoms with Gasteiger partial charge in [-0.1, -0.05) is 30.4 Å². The maximum absolute atomic E-state index is 13.1. The highest BCUT2D eigenvalue weighted by atomic mass is 32.2. The van der Waals surface area contributed by atoms with Crippen LogP contribution in [0.2, 0.25) is 0 Å². The molecule has 1 aliphatic heterocycles. The third-order valence-corrected chi connectivity index (χ3v) is 8.19. The van der Waals surface area contributed by atoms with E-state index >= 15 is 0 Å². The normalized spacial score (nSPS) is 21.4. The van der Waals surface area contributed by atoms with Crippen molar-refractivity contribution in [1.82, 2.24) is 4.31 Å². The van der Waals surface area contributed by atoms with Crippen LogP contribution in [0, 0.1) is 0 Å². The van der Waals surface area contributed by atoms with E-state index in [1.54, 1.807) is 17.9 Å². The monoisotopic (exact) mass is 529 g/mol. The summed E-state index contributed by atoms with van der Waals surface area (Å²) in [4.78, 5) is 1.81. The lowest BCUT2D eigenvalue weighted by atomic mass is 9.92. The van der Waals surface area contributed by atoms with Crippen LogP contribution in [0.15, 0.2) is 47.0 Å². The first-order valence-electron chi connectivity index (χ1n) is 9.94. The predicted octanol–water partition coefficient (Wildman–Crippen LogP) is 3.34. The molecule has 1 fully saturated rings. The van der Waals surface area contributed by atoms with Crippen LogP contribution in [0.25, 0.3) is 0 Å². The molecule has 188 valence electrons. The molecule has 1 aliphatic carbocycles. The van der Waals surface area contributed by atoms with Gasteiger partial charge in [0, 0.05) is 53.9 Å². The second-order valence-corrected chi connectivity index (χ2v) is 10.4. The van der Waals surface area contributed by atoms with Gasteiger partial charge in [-0.25, -0.2) is 8.42 Å². The summed E-state index contributed by atoms with van der Waals surface area (Å²) >= 11 is 5.16. The number of rotatable bonds is 4. The number of benzene rings is 1. The Bertz CT molecular complexity index is 1110. The minimum Gasteiger partial charge on any atom is -0.399 e. The molecule has 1 aromatic carbocycles. The van der Waals surface area contributed by atoms with Crippen molar-refractivity contribution in [3.8, 4) is 0 Å². The first-order valence-corrected chi connectivity index (χ1v) is 11.8. The zero-order valence-electron chi connectivity index (χ0n) is 17.7. The highest BCUT2D eigenvalue weighted by molar-refractivity contribution is 7.96. The van der Waals surface area contributed by atoms with E-state index in [-0.39, 0.29) is 47.2 Å². The van der Waals surface area contributed by atoms with Gasteiger partial charge < -0.3 is 15.7 Å². The number of sulfonamides is 1. The van der Waals surface area contributed by atoms with Crippen molar-refractivity contribution in [2.24, 2.45) is 5.73 Å². The summed E-state index contributed by atoms with van der Waals surface area (Å²) in [6.45, 7) is 1.79. The largest absolute Gasteiger partial charge is 0.430 e. The summed E-state index contributed by atoms with van der Waals surface area (Å²) in [5, 5.41) is 9.53. The van der Waals surface area contributed by atoms with Gasteiger partial charge in [-0.05, 0) is 25.1 Å². The highest BCUT2D eigenvalue weighted by Crippen LogP contribution is 2.50. The Morgan fingerprint density at radius 1 is 1.06 bits per heavy atom. The molecule has 1 aromatic rings. The van der Waals surface area contributed by atoms with Crippen LogP contribution in [0.3, 0.4) is 0 Å². The summed E-state index contributed by atoms with van der Waals surface area (Å²) in [5.74, 6) is 0. The molecule has 0 aromatic heterocycles. The van der Waals surface area contributed by atoms with Gasteiger partial charge in [-0.15, -0.1) is 0 Å². The van der Waals surface area contributed by atoms with Crippen LogP contribution in [-0.4, -0.2) is 60.7 Å². The minimum atomic E-state index is -5.98. The standard InChI is InChI=1S/C20H21F6N3O3S2/c1-12-11-28(34(31,32)17-10-14(27)4-7-16(17)33)8-9-29(12)15-5-2-13(3-6-15)18(30,19(21,22)23)20(24,25)26/h2-6,10,12,30H,7-9,11,27H2,1H3/t12-/m0/s1. The van der Waals surface area contributed by atoms with Gasteiger partial charge in [0.05, 0.1) is 4.91 Å². The van der Waals surface area contributed by atoms with E-state index in [1.807, 2.05) is 0 Å². The Hall–Kier alpha value is -2.16. The number of thiocarbonyl (C=S) groups is 1. The number of halogens is 6. The second-order valence-electron chi connectivity index (χ2n) is 8.00. The van der Waals surface area contributed by atoms with Crippen molar-refractivity contribution >= 4 is 32.8 Å². The molecule has 0 spiro atoms. The van der Waals surface area contributed by atoms with E-state index in [2.05, 4.69) is 0 Å². The van der Waals surface area contributed by atoms with Crippen molar-refractivity contribution in [1.29, 1.82) is 0 Å². The SMILES string of the molecule is C[C@H]1CN(S(=O)(=O)C2=CC(N)=CCC2=S)CCN1c1ccc(C(O)(C(F)(F)F)C(F)(F)F)cc1. The van der Waals surface area contributed by atoms with Crippen LogP contribution in [0.4, 0.5) is 32.0 Å². The number of allylic oxidation sites excluding steroid dienone is 3. The van der Waals surface area contributed by atoms with Gasteiger partial charge in [0.1, 0.15) is 0 Å². The van der Waals surface area contributed by atoms with Crippen molar-refractivity contribution in [3.05, 3.63) is 52.6 Å². The Morgan fingerprint density at radius 3 is 2.12 bits per heavy atom. The van der Waals surface area contributed by atoms with Crippen LogP contribution in [-0.2, 0) is 15.6 Å². The molecule has 3 rings (SSSR count). The first kappa shape index (κ1) is 26.4. The quantitative estimate of drug-likeness (QED) is 0.460. The lowest BCUT2D eigenvalue weighted by Gasteiger charge is -2.41. The number of hydrogen-bond donors (Lipinski definition) is 2. The molecule has 6 nitrogen and oxygen atoms in total. The van der Waals surface area contributed by atoms with Crippen molar-refractivity contribution in [2.75, 3.05) is 24.5 Å². The van der Waals surface area contributed by atoms with Crippen LogP contribution >= 0.6 is 12.2 Å². The molecular weight excluding hydrogens is 508 g/mol. The van der Waals surface area contributed by atoms with Crippen molar-refractivity contribution in [3.63, 3.8) is 0 Å². The molecule has 0 unspecified atom stereocenters. The minimum absolute atomic E-state index is 0.00268. The number of piperazine rings is 1. The van der Waals surface area contributed by atoms with Gasteiger partial charge >= 0.3 is 12.4 Å². The molecule has 1 heterocycles. The van der Waals surface area contributed by atoms with Crippen molar-refractivity contribution < 1.29 is 39.9 Å². The Balaban J connectivity index is 1.82. The van der Waals surface area contributed by atoms with E-state index in [0.717, 1.165) is 12.1 Å². The summed E-state index contributed by atoms with van der Waals surface area (Å²) < 4.78 is 106. The van der Waals surface area contributed by atoms with Gasteiger partial charge in [0.25, 0.3) is 5.60 Å².